The molecule has 0 N–H and O–H groups in total. The summed E-state index contributed by atoms with van der Waals surface area (Å²) in [6, 6.07) is 10.7. The first-order valence-corrected chi connectivity index (χ1v) is 10.1. The fourth-order valence-electron chi connectivity index (χ4n) is 4.13. The van der Waals surface area contributed by atoms with Gasteiger partial charge in [-0.1, -0.05) is 51.1 Å². The molecular weight excluding hydrogens is 338 g/mol. The highest BCUT2D eigenvalue weighted by Gasteiger charge is 2.37. The molecule has 1 aromatic carbocycles. The van der Waals surface area contributed by atoms with Crippen molar-refractivity contribution < 1.29 is 9.59 Å². The van der Waals surface area contributed by atoms with Gasteiger partial charge in [-0.25, -0.2) is 0 Å². The van der Waals surface area contributed by atoms with Gasteiger partial charge in [0.2, 0.25) is 11.8 Å². The van der Waals surface area contributed by atoms with Gasteiger partial charge in [-0.05, 0) is 30.7 Å². The van der Waals surface area contributed by atoms with Crippen molar-refractivity contribution in [1.82, 2.24) is 14.7 Å². The van der Waals surface area contributed by atoms with Gasteiger partial charge in [0.05, 0.1) is 19.3 Å². The zero-order valence-electron chi connectivity index (χ0n) is 17.1. The Kier molecular flexibility index (Phi) is 5.89. The van der Waals surface area contributed by atoms with Crippen LogP contribution in [0.25, 0.3) is 0 Å². The van der Waals surface area contributed by atoms with Crippen LogP contribution in [0.4, 0.5) is 0 Å². The van der Waals surface area contributed by atoms with E-state index in [1.165, 1.54) is 5.56 Å². The van der Waals surface area contributed by atoms with Gasteiger partial charge in [0.25, 0.3) is 0 Å². The first-order chi connectivity index (χ1) is 12.7. The largest absolute Gasteiger partial charge is 0.343 e. The minimum absolute atomic E-state index is 0.0311. The number of hydrogen-bond donors (Lipinski definition) is 0. The molecular formula is C22H33N3O2. The van der Waals surface area contributed by atoms with Gasteiger partial charge in [-0.3, -0.25) is 14.5 Å². The minimum atomic E-state index is 0.0311. The standard InChI is InChI=1S/C22H33N3O2/c1-17(18-8-6-5-7-9-18)25-16-24(15-21(25)27)19-10-12-23(13-11-19)20(26)14-22(2,3)4/h5-9,17,19H,10-16H2,1-4H3. The number of piperidine rings is 1. The predicted octanol–water partition coefficient (Wildman–Crippen LogP) is 3.28. The predicted molar refractivity (Wildman–Crippen MR) is 107 cm³/mol. The van der Waals surface area contributed by atoms with Crippen LogP contribution in [0.2, 0.25) is 0 Å². The molecule has 1 unspecified atom stereocenters. The maximum absolute atomic E-state index is 12.6. The zero-order valence-corrected chi connectivity index (χ0v) is 17.1. The van der Waals surface area contributed by atoms with E-state index in [0.29, 0.717) is 25.7 Å². The molecule has 0 bridgehead atoms. The highest BCUT2D eigenvalue weighted by molar-refractivity contribution is 5.80. The second-order valence-electron chi connectivity index (χ2n) is 9.19. The summed E-state index contributed by atoms with van der Waals surface area (Å²) in [6.45, 7) is 11.2. The number of rotatable bonds is 4. The molecule has 148 valence electrons. The molecule has 2 amide bonds. The Hall–Kier alpha value is -1.88. The van der Waals surface area contributed by atoms with Crippen LogP contribution in [-0.2, 0) is 9.59 Å². The van der Waals surface area contributed by atoms with E-state index in [9.17, 15) is 9.59 Å². The third-order valence-electron chi connectivity index (χ3n) is 5.76. The SMILES string of the molecule is CC(c1ccccc1)N1CN(C2CCN(C(=O)CC(C)(C)C)CC2)CC1=O. The van der Waals surface area contributed by atoms with Crippen LogP contribution in [0, 0.1) is 5.41 Å². The van der Waals surface area contributed by atoms with Crippen LogP contribution in [0.1, 0.15) is 58.6 Å². The Labute approximate surface area is 163 Å². The maximum Gasteiger partial charge on any atom is 0.238 e. The van der Waals surface area contributed by atoms with Crippen molar-refractivity contribution in [2.45, 2.75) is 59.0 Å². The Morgan fingerprint density at radius 3 is 2.37 bits per heavy atom. The molecule has 2 aliphatic rings. The second kappa shape index (κ2) is 8.01. The molecule has 1 aromatic rings. The van der Waals surface area contributed by atoms with E-state index >= 15 is 0 Å². The number of nitrogens with zero attached hydrogens (tertiary/aromatic N) is 3. The van der Waals surface area contributed by atoms with E-state index in [1.807, 2.05) is 28.0 Å². The molecule has 2 aliphatic heterocycles. The molecule has 2 fully saturated rings. The normalized spacial score (nSPS) is 21.0. The molecule has 5 nitrogen and oxygen atoms in total. The summed E-state index contributed by atoms with van der Waals surface area (Å²) < 4.78 is 0. The van der Waals surface area contributed by atoms with E-state index < -0.39 is 0 Å². The van der Waals surface area contributed by atoms with E-state index in [1.54, 1.807) is 0 Å². The summed E-state index contributed by atoms with van der Waals surface area (Å²) >= 11 is 0. The van der Waals surface area contributed by atoms with Crippen molar-refractivity contribution in [3.8, 4) is 0 Å². The third-order valence-corrected chi connectivity index (χ3v) is 5.76. The first-order valence-electron chi connectivity index (χ1n) is 10.1. The number of hydrogen-bond acceptors (Lipinski definition) is 3. The fraction of sp³-hybridized carbons (Fsp3) is 0.636. The molecule has 5 heteroatoms. The highest BCUT2D eigenvalue weighted by atomic mass is 16.2. The monoisotopic (exact) mass is 371 g/mol. The summed E-state index contributed by atoms with van der Waals surface area (Å²) in [5, 5.41) is 0. The van der Waals surface area contributed by atoms with Gasteiger partial charge in [-0.2, -0.15) is 0 Å². The van der Waals surface area contributed by atoms with Crippen LogP contribution in [0.3, 0.4) is 0 Å². The second-order valence-corrected chi connectivity index (χ2v) is 9.19. The molecule has 0 aliphatic carbocycles. The molecule has 0 spiro atoms. The average Bonchev–Trinajstić information content (AvgIpc) is 3.02. The Bertz CT molecular complexity index is 660. The lowest BCUT2D eigenvalue weighted by Crippen LogP contribution is -2.47. The molecule has 1 atom stereocenters. The summed E-state index contributed by atoms with van der Waals surface area (Å²) in [4.78, 5) is 31.3. The molecule has 27 heavy (non-hydrogen) atoms. The van der Waals surface area contributed by atoms with Crippen LogP contribution in [0.5, 0.6) is 0 Å². The van der Waals surface area contributed by atoms with E-state index in [4.69, 9.17) is 0 Å². The van der Waals surface area contributed by atoms with Crippen LogP contribution in [-0.4, -0.2) is 58.9 Å². The highest BCUT2D eigenvalue weighted by Crippen LogP contribution is 2.28. The molecule has 2 heterocycles. The van der Waals surface area contributed by atoms with Crippen LogP contribution in [0.15, 0.2) is 30.3 Å². The van der Waals surface area contributed by atoms with Crippen LogP contribution < -0.4 is 0 Å². The number of amides is 2. The van der Waals surface area contributed by atoms with Gasteiger partial charge in [0, 0.05) is 25.6 Å². The van der Waals surface area contributed by atoms with Crippen molar-refractivity contribution in [2.75, 3.05) is 26.3 Å². The van der Waals surface area contributed by atoms with Crippen molar-refractivity contribution in [3.63, 3.8) is 0 Å². The third kappa shape index (κ3) is 4.89. The van der Waals surface area contributed by atoms with Crippen molar-refractivity contribution in [2.24, 2.45) is 5.41 Å². The lowest BCUT2D eigenvalue weighted by molar-refractivity contribution is -0.134. The summed E-state index contributed by atoms with van der Waals surface area (Å²) in [7, 11) is 0. The van der Waals surface area contributed by atoms with E-state index in [2.05, 4.69) is 44.7 Å². The topological polar surface area (TPSA) is 43.9 Å². The van der Waals surface area contributed by atoms with Crippen molar-refractivity contribution in [3.05, 3.63) is 35.9 Å². The first kappa shape index (κ1) is 19.9. The molecule has 0 radical (unpaired) electrons. The lowest BCUT2D eigenvalue weighted by atomic mass is 9.91. The molecule has 3 rings (SSSR count). The zero-order chi connectivity index (χ0) is 19.6. The molecule has 0 aromatic heterocycles. The number of carbonyl (C=O) groups excluding carboxylic acids is 2. The quantitative estimate of drug-likeness (QED) is 0.816. The Morgan fingerprint density at radius 1 is 1.15 bits per heavy atom. The van der Waals surface area contributed by atoms with Gasteiger partial charge in [0.15, 0.2) is 0 Å². The molecule has 0 saturated carbocycles. The van der Waals surface area contributed by atoms with Gasteiger partial charge in [0.1, 0.15) is 0 Å². The maximum atomic E-state index is 12.6. The van der Waals surface area contributed by atoms with E-state index in [0.717, 1.165) is 25.9 Å². The number of carbonyl (C=O) groups is 2. The Balaban J connectivity index is 1.54. The molecule has 2 saturated heterocycles. The van der Waals surface area contributed by atoms with Crippen molar-refractivity contribution in [1.29, 1.82) is 0 Å². The van der Waals surface area contributed by atoms with Crippen molar-refractivity contribution >= 4 is 11.8 Å². The number of likely N-dealkylation sites (tertiary alicyclic amines) is 1. The minimum Gasteiger partial charge on any atom is -0.343 e. The Morgan fingerprint density at radius 2 is 1.78 bits per heavy atom. The van der Waals surface area contributed by atoms with E-state index in [-0.39, 0.29) is 23.3 Å². The van der Waals surface area contributed by atoms with Gasteiger partial charge < -0.3 is 9.80 Å². The van der Waals surface area contributed by atoms with Crippen LogP contribution >= 0.6 is 0 Å². The van der Waals surface area contributed by atoms with Gasteiger partial charge >= 0.3 is 0 Å². The summed E-state index contributed by atoms with van der Waals surface area (Å²) in [5.41, 5.74) is 1.21. The lowest BCUT2D eigenvalue weighted by Gasteiger charge is -2.37. The number of benzene rings is 1. The smallest absolute Gasteiger partial charge is 0.238 e. The summed E-state index contributed by atoms with van der Waals surface area (Å²) in [5.74, 6) is 0.468. The average molecular weight is 372 g/mol. The fourth-order valence-corrected chi connectivity index (χ4v) is 4.13. The summed E-state index contributed by atoms with van der Waals surface area (Å²) in [6.07, 6.45) is 2.51. The van der Waals surface area contributed by atoms with Gasteiger partial charge in [-0.15, -0.1) is 0 Å².